The normalized spacial score (nSPS) is 10.4. The number of benzene rings is 1. The molecule has 2 aromatic heterocycles. The van der Waals surface area contributed by atoms with Gasteiger partial charge in [-0.1, -0.05) is 6.07 Å². The molecule has 0 aliphatic carbocycles. The Labute approximate surface area is 149 Å². The molecule has 0 aliphatic heterocycles. The molecule has 0 radical (unpaired) electrons. The molecule has 0 spiro atoms. The summed E-state index contributed by atoms with van der Waals surface area (Å²) in [6.45, 7) is 0.249. The number of nitrogens with one attached hydrogen (secondary N) is 1. The third-order valence-electron chi connectivity index (χ3n) is 3.77. The van der Waals surface area contributed by atoms with Crippen molar-refractivity contribution < 1.29 is 18.7 Å². The van der Waals surface area contributed by atoms with Gasteiger partial charge in [0.1, 0.15) is 17.3 Å². The minimum Gasteiger partial charge on any atom is -0.497 e. The largest absolute Gasteiger partial charge is 0.497 e. The van der Waals surface area contributed by atoms with Gasteiger partial charge < -0.3 is 23.8 Å². The van der Waals surface area contributed by atoms with Gasteiger partial charge in [0, 0.05) is 18.3 Å². The first-order valence-corrected chi connectivity index (χ1v) is 7.88. The van der Waals surface area contributed by atoms with Crippen LogP contribution in [0.4, 0.5) is 5.69 Å². The van der Waals surface area contributed by atoms with Crippen LogP contribution in [0.3, 0.4) is 0 Å². The third-order valence-corrected chi connectivity index (χ3v) is 3.77. The molecule has 0 unspecified atom stereocenters. The van der Waals surface area contributed by atoms with Gasteiger partial charge in [0.15, 0.2) is 5.76 Å². The van der Waals surface area contributed by atoms with Crippen LogP contribution in [0.1, 0.15) is 16.3 Å². The van der Waals surface area contributed by atoms with Crippen molar-refractivity contribution in [2.75, 3.05) is 19.5 Å². The van der Waals surface area contributed by atoms with E-state index >= 15 is 0 Å². The number of anilines is 1. The first-order chi connectivity index (χ1) is 12.6. The summed E-state index contributed by atoms with van der Waals surface area (Å²) in [5.74, 6) is 1.32. The van der Waals surface area contributed by atoms with Gasteiger partial charge in [0.25, 0.3) is 11.5 Å². The fraction of sp³-hybridized carbons (Fsp3) is 0.158. The van der Waals surface area contributed by atoms with Crippen LogP contribution in [0.2, 0.25) is 0 Å². The number of amides is 1. The average molecular weight is 354 g/mol. The van der Waals surface area contributed by atoms with Crippen molar-refractivity contribution in [3.8, 4) is 11.5 Å². The Kier molecular flexibility index (Phi) is 5.07. The quantitative estimate of drug-likeness (QED) is 0.736. The number of rotatable bonds is 6. The molecule has 1 amide bonds. The summed E-state index contributed by atoms with van der Waals surface area (Å²) in [4.78, 5) is 24.2. The summed E-state index contributed by atoms with van der Waals surface area (Å²) in [7, 11) is 3.06. The summed E-state index contributed by atoms with van der Waals surface area (Å²) >= 11 is 0. The van der Waals surface area contributed by atoms with Crippen LogP contribution in [-0.2, 0) is 6.54 Å². The third kappa shape index (κ3) is 3.77. The van der Waals surface area contributed by atoms with E-state index in [-0.39, 0.29) is 17.9 Å². The Hall–Kier alpha value is -3.48. The smallest absolute Gasteiger partial charge is 0.291 e. The first-order valence-electron chi connectivity index (χ1n) is 7.88. The molecule has 7 nitrogen and oxygen atoms in total. The molecular formula is C19H18N2O5. The van der Waals surface area contributed by atoms with Crippen LogP contribution in [0.25, 0.3) is 0 Å². The van der Waals surface area contributed by atoms with Crippen molar-refractivity contribution in [1.82, 2.24) is 4.57 Å². The lowest BCUT2D eigenvalue weighted by Crippen LogP contribution is -2.18. The first kappa shape index (κ1) is 17.3. The fourth-order valence-electron chi connectivity index (χ4n) is 2.43. The van der Waals surface area contributed by atoms with Gasteiger partial charge in [-0.2, -0.15) is 0 Å². The lowest BCUT2D eigenvalue weighted by atomic mass is 10.2. The van der Waals surface area contributed by atoms with Crippen molar-refractivity contribution in [3.05, 3.63) is 76.6 Å². The molecule has 1 aromatic carbocycles. The Morgan fingerprint density at radius 2 is 1.96 bits per heavy atom. The van der Waals surface area contributed by atoms with E-state index in [1.807, 2.05) is 0 Å². The van der Waals surface area contributed by atoms with Gasteiger partial charge in [-0.25, -0.2) is 0 Å². The molecule has 0 fully saturated rings. The second-order valence-corrected chi connectivity index (χ2v) is 5.45. The van der Waals surface area contributed by atoms with E-state index in [0.717, 1.165) is 0 Å². The van der Waals surface area contributed by atoms with Crippen molar-refractivity contribution in [2.24, 2.45) is 0 Å². The number of hydrogen-bond acceptors (Lipinski definition) is 5. The van der Waals surface area contributed by atoms with E-state index in [2.05, 4.69) is 5.32 Å². The minimum atomic E-state index is -0.417. The van der Waals surface area contributed by atoms with Crippen LogP contribution in [-0.4, -0.2) is 24.7 Å². The maximum Gasteiger partial charge on any atom is 0.291 e. The number of carbonyl (C=O) groups is 1. The Bertz CT molecular complexity index is 974. The maximum atomic E-state index is 12.4. The molecule has 0 bridgehead atoms. The molecular weight excluding hydrogens is 336 g/mol. The number of nitrogens with zero attached hydrogens (tertiary/aromatic N) is 1. The molecule has 134 valence electrons. The average Bonchev–Trinajstić information content (AvgIpc) is 3.12. The van der Waals surface area contributed by atoms with Crippen LogP contribution in [0.5, 0.6) is 11.5 Å². The van der Waals surface area contributed by atoms with Gasteiger partial charge >= 0.3 is 0 Å². The van der Waals surface area contributed by atoms with Crippen molar-refractivity contribution in [3.63, 3.8) is 0 Å². The van der Waals surface area contributed by atoms with E-state index in [1.54, 1.807) is 55.8 Å². The van der Waals surface area contributed by atoms with E-state index in [1.165, 1.54) is 17.7 Å². The van der Waals surface area contributed by atoms with Crippen LogP contribution in [0, 0.1) is 0 Å². The predicted octanol–water partition coefficient (Wildman–Crippen LogP) is 2.76. The zero-order valence-electron chi connectivity index (χ0n) is 14.4. The van der Waals surface area contributed by atoms with E-state index in [0.29, 0.717) is 22.9 Å². The molecule has 0 saturated carbocycles. The molecule has 1 N–H and O–H groups in total. The zero-order chi connectivity index (χ0) is 18.5. The van der Waals surface area contributed by atoms with Gasteiger partial charge in [-0.05, 0) is 30.3 Å². The van der Waals surface area contributed by atoms with Gasteiger partial charge in [-0.15, -0.1) is 0 Å². The van der Waals surface area contributed by atoms with E-state index in [4.69, 9.17) is 13.9 Å². The number of hydrogen-bond donors (Lipinski definition) is 1. The van der Waals surface area contributed by atoms with Crippen molar-refractivity contribution in [1.29, 1.82) is 0 Å². The van der Waals surface area contributed by atoms with Crippen LogP contribution in [0.15, 0.2) is 63.9 Å². The van der Waals surface area contributed by atoms with E-state index < -0.39 is 5.91 Å². The molecule has 7 heteroatoms. The molecule has 0 saturated heterocycles. The molecule has 26 heavy (non-hydrogen) atoms. The summed E-state index contributed by atoms with van der Waals surface area (Å²) in [5, 5.41) is 2.74. The second kappa shape index (κ2) is 7.60. The second-order valence-electron chi connectivity index (χ2n) is 5.45. The van der Waals surface area contributed by atoms with Gasteiger partial charge in [0.2, 0.25) is 0 Å². The molecule has 3 aromatic rings. The predicted molar refractivity (Wildman–Crippen MR) is 96.0 cm³/mol. The molecule has 2 heterocycles. The highest BCUT2D eigenvalue weighted by atomic mass is 16.5. The maximum absolute atomic E-state index is 12.4. The molecule has 3 rings (SSSR count). The Morgan fingerprint density at radius 1 is 1.12 bits per heavy atom. The Balaban J connectivity index is 1.74. The summed E-state index contributed by atoms with van der Waals surface area (Å²) < 4.78 is 17.4. The lowest BCUT2D eigenvalue weighted by molar-refractivity contribution is 0.0994. The standard InChI is InChI=1S/C19H18N2O5/c1-24-13-6-8-15(17(11-13)25-2)20-19(23)16-9-7-14(26-16)12-21-10-4-3-5-18(21)22/h3-11H,12H2,1-2H3,(H,20,23). The highest BCUT2D eigenvalue weighted by Gasteiger charge is 2.14. The number of carbonyl (C=O) groups excluding carboxylic acids is 1. The van der Waals surface area contributed by atoms with Gasteiger partial charge in [0.05, 0.1) is 26.5 Å². The zero-order valence-corrected chi connectivity index (χ0v) is 14.4. The van der Waals surface area contributed by atoms with Crippen molar-refractivity contribution >= 4 is 11.6 Å². The van der Waals surface area contributed by atoms with Crippen molar-refractivity contribution in [2.45, 2.75) is 6.54 Å². The SMILES string of the molecule is COc1ccc(NC(=O)c2ccc(Cn3ccccc3=O)o2)c(OC)c1. The lowest BCUT2D eigenvalue weighted by Gasteiger charge is -2.10. The number of methoxy groups -OCH3 is 2. The van der Waals surface area contributed by atoms with Crippen LogP contribution >= 0.6 is 0 Å². The fourth-order valence-corrected chi connectivity index (χ4v) is 2.43. The summed E-state index contributed by atoms with van der Waals surface area (Å²) in [6.07, 6.45) is 1.66. The monoisotopic (exact) mass is 354 g/mol. The minimum absolute atomic E-state index is 0.141. The topological polar surface area (TPSA) is 82.7 Å². The number of ether oxygens (including phenoxy) is 2. The number of pyridine rings is 1. The highest BCUT2D eigenvalue weighted by Crippen LogP contribution is 2.29. The Morgan fingerprint density at radius 3 is 2.69 bits per heavy atom. The van der Waals surface area contributed by atoms with E-state index in [9.17, 15) is 9.59 Å². The molecule has 0 aliphatic rings. The molecule has 0 atom stereocenters. The number of aromatic nitrogens is 1. The summed E-state index contributed by atoms with van der Waals surface area (Å²) in [5.41, 5.74) is 0.355. The number of furan rings is 1. The van der Waals surface area contributed by atoms with Crippen LogP contribution < -0.4 is 20.3 Å². The van der Waals surface area contributed by atoms with Gasteiger partial charge in [-0.3, -0.25) is 9.59 Å². The highest BCUT2D eigenvalue weighted by molar-refractivity contribution is 6.03. The summed E-state index contributed by atoms with van der Waals surface area (Å²) in [6, 6.07) is 13.2.